The molecule has 9 nitrogen and oxygen atoms in total. The van der Waals surface area contributed by atoms with Crippen molar-refractivity contribution >= 4 is 27.9 Å². The first-order chi connectivity index (χ1) is 19.0. The fourth-order valence-electron chi connectivity index (χ4n) is 6.03. The number of fused-ring (bicyclic) bond motifs is 2. The number of rotatable bonds is 6. The van der Waals surface area contributed by atoms with E-state index in [2.05, 4.69) is 39.5 Å². The Morgan fingerprint density at radius 2 is 1.97 bits per heavy atom. The fraction of sp³-hybridized carbons (Fsp3) is 0.367. The Hall–Kier alpha value is -3.95. The smallest absolute Gasteiger partial charge is 0.160 e. The minimum absolute atomic E-state index is 0.0608. The number of piperidine rings is 1. The van der Waals surface area contributed by atoms with Gasteiger partial charge in [0.15, 0.2) is 5.82 Å². The summed E-state index contributed by atoms with van der Waals surface area (Å²) in [6.07, 6.45) is 12.7. The topological polar surface area (TPSA) is 119 Å². The Bertz CT molecular complexity index is 1670. The van der Waals surface area contributed by atoms with E-state index in [-0.39, 0.29) is 11.5 Å². The number of nitrogens with zero attached hydrogens (tertiary/aromatic N) is 6. The number of aromatic nitrogens is 6. The molecule has 0 radical (unpaired) electrons. The first-order valence-electron chi connectivity index (χ1n) is 13.7. The number of hydrogen-bond donors (Lipinski definition) is 3. The lowest BCUT2D eigenvalue weighted by Crippen LogP contribution is -2.47. The van der Waals surface area contributed by atoms with Crippen molar-refractivity contribution in [3.8, 4) is 11.4 Å². The lowest BCUT2D eigenvalue weighted by molar-refractivity contribution is 0.128. The predicted molar refractivity (Wildman–Crippen MR) is 153 cm³/mol. The summed E-state index contributed by atoms with van der Waals surface area (Å²) in [7, 11) is 0. The second-order valence-electron chi connectivity index (χ2n) is 11.6. The molecule has 0 aromatic carbocycles. The van der Waals surface area contributed by atoms with Crippen LogP contribution in [0.15, 0.2) is 61.3 Å². The zero-order chi connectivity index (χ0) is 26.6. The van der Waals surface area contributed by atoms with Gasteiger partial charge < -0.3 is 16.4 Å². The minimum atomic E-state index is -0.202. The Morgan fingerprint density at radius 3 is 2.82 bits per heavy atom. The quantitative estimate of drug-likeness (QED) is 0.287. The van der Waals surface area contributed by atoms with Crippen molar-refractivity contribution in [3.63, 3.8) is 0 Å². The summed E-state index contributed by atoms with van der Waals surface area (Å²) in [5, 5.41) is 12.4. The van der Waals surface area contributed by atoms with Crippen molar-refractivity contribution < 1.29 is 0 Å². The van der Waals surface area contributed by atoms with Gasteiger partial charge in [-0.25, -0.2) is 19.5 Å². The highest BCUT2D eigenvalue weighted by molar-refractivity contribution is 5.86. The molecule has 2 atom stereocenters. The van der Waals surface area contributed by atoms with Gasteiger partial charge in [-0.3, -0.25) is 4.98 Å². The summed E-state index contributed by atoms with van der Waals surface area (Å²) in [4.78, 5) is 19.3. The molecule has 39 heavy (non-hydrogen) atoms. The van der Waals surface area contributed by atoms with Crippen LogP contribution in [0.3, 0.4) is 0 Å². The van der Waals surface area contributed by atoms with Crippen molar-refractivity contribution in [2.75, 3.05) is 18.4 Å². The normalized spacial score (nSPS) is 19.8. The predicted octanol–water partition coefficient (Wildman–Crippen LogP) is 4.99. The summed E-state index contributed by atoms with van der Waals surface area (Å²) in [6.45, 7) is 6.53. The average Bonchev–Trinajstić information content (AvgIpc) is 3.68. The zero-order valence-electron chi connectivity index (χ0n) is 22.3. The lowest BCUT2D eigenvalue weighted by Gasteiger charge is -2.42. The van der Waals surface area contributed by atoms with E-state index in [0.29, 0.717) is 23.5 Å². The van der Waals surface area contributed by atoms with Gasteiger partial charge in [0.2, 0.25) is 0 Å². The molecule has 1 aliphatic carbocycles. The highest BCUT2D eigenvalue weighted by Gasteiger charge is 2.39. The number of nitrogens with two attached hydrogens (primary N) is 1. The second-order valence-corrected chi connectivity index (χ2v) is 11.6. The molecule has 9 heteroatoms. The molecular formula is C30H33N9. The van der Waals surface area contributed by atoms with Gasteiger partial charge in [0, 0.05) is 36.1 Å². The van der Waals surface area contributed by atoms with Gasteiger partial charge in [-0.05, 0) is 79.0 Å². The third-order valence-corrected chi connectivity index (χ3v) is 8.33. The van der Waals surface area contributed by atoms with E-state index in [1.165, 1.54) is 18.4 Å². The van der Waals surface area contributed by atoms with Crippen LogP contribution in [0.4, 0.5) is 11.5 Å². The molecule has 5 aromatic heterocycles. The van der Waals surface area contributed by atoms with Crippen molar-refractivity contribution in [2.24, 2.45) is 17.1 Å². The molecule has 0 spiro atoms. The maximum atomic E-state index is 7.15. The van der Waals surface area contributed by atoms with Crippen LogP contribution in [-0.4, -0.2) is 42.6 Å². The maximum absolute atomic E-state index is 7.15. The van der Waals surface area contributed by atoms with Gasteiger partial charge in [-0.15, -0.1) is 0 Å². The SMILES string of the molecule is CC1(C)CNCCC1C(N)c1nc(-c2ccnc(Nc3ccc4ccnn4c3)c2)nc2cncc(C3CC3)c12. The standard InChI is InChI=1S/C30H33N9/c1-30(2)17-32-10-9-23(30)27(31)28-26-22(18-3-4-18)14-33-15-24(26)37-29(38-28)19-7-11-34-25(13-19)36-20-5-6-21-8-12-35-39(21)16-20/h5-8,11-16,18,23,27,32H,3-4,9-10,17,31H2,1-2H3,(H,34,36). The lowest BCUT2D eigenvalue weighted by atomic mass is 9.70. The largest absolute Gasteiger partial charge is 0.339 e. The van der Waals surface area contributed by atoms with Crippen LogP contribution in [0.1, 0.15) is 56.3 Å². The average molecular weight is 520 g/mol. The van der Waals surface area contributed by atoms with E-state index in [1.807, 2.05) is 53.4 Å². The molecule has 0 bridgehead atoms. The van der Waals surface area contributed by atoms with Gasteiger partial charge >= 0.3 is 0 Å². The molecule has 0 amide bonds. The Kier molecular flexibility index (Phi) is 5.79. The number of anilines is 2. The molecule has 2 aliphatic rings. The molecule has 198 valence electrons. The van der Waals surface area contributed by atoms with Crippen molar-refractivity contribution in [1.29, 1.82) is 0 Å². The number of hydrogen-bond acceptors (Lipinski definition) is 8. The third-order valence-electron chi connectivity index (χ3n) is 8.33. The third kappa shape index (κ3) is 4.51. The Labute approximate surface area is 227 Å². The van der Waals surface area contributed by atoms with E-state index < -0.39 is 0 Å². The van der Waals surface area contributed by atoms with Crippen molar-refractivity contribution in [3.05, 3.63) is 72.6 Å². The van der Waals surface area contributed by atoms with E-state index in [9.17, 15) is 0 Å². The van der Waals surface area contributed by atoms with Gasteiger partial charge in [-0.2, -0.15) is 5.10 Å². The van der Waals surface area contributed by atoms with Crippen LogP contribution in [0, 0.1) is 11.3 Å². The molecule has 1 saturated carbocycles. The van der Waals surface area contributed by atoms with Crippen LogP contribution in [0.5, 0.6) is 0 Å². The Balaban J connectivity index is 1.31. The van der Waals surface area contributed by atoms with Crippen LogP contribution >= 0.6 is 0 Å². The highest BCUT2D eigenvalue weighted by atomic mass is 15.2. The van der Waals surface area contributed by atoms with Crippen LogP contribution < -0.4 is 16.4 Å². The van der Waals surface area contributed by atoms with E-state index in [4.69, 9.17) is 15.7 Å². The van der Waals surface area contributed by atoms with Crippen LogP contribution in [0.25, 0.3) is 27.8 Å². The van der Waals surface area contributed by atoms with Crippen molar-refractivity contribution in [1.82, 2.24) is 34.9 Å². The monoisotopic (exact) mass is 519 g/mol. The molecule has 1 aliphatic heterocycles. The summed E-state index contributed by atoms with van der Waals surface area (Å²) < 4.78 is 1.83. The van der Waals surface area contributed by atoms with Gasteiger partial charge in [0.05, 0.1) is 40.9 Å². The fourth-order valence-corrected chi connectivity index (χ4v) is 6.03. The molecular weight excluding hydrogens is 486 g/mol. The molecule has 2 unspecified atom stereocenters. The molecule has 4 N–H and O–H groups in total. The van der Waals surface area contributed by atoms with Gasteiger partial charge in [0.25, 0.3) is 0 Å². The minimum Gasteiger partial charge on any atom is -0.339 e. The van der Waals surface area contributed by atoms with Gasteiger partial charge in [0.1, 0.15) is 5.82 Å². The van der Waals surface area contributed by atoms with E-state index in [0.717, 1.165) is 52.9 Å². The first-order valence-corrected chi connectivity index (χ1v) is 13.7. The highest BCUT2D eigenvalue weighted by Crippen LogP contribution is 2.46. The molecule has 1 saturated heterocycles. The maximum Gasteiger partial charge on any atom is 0.160 e. The molecule has 2 fully saturated rings. The van der Waals surface area contributed by atoms with E-state index >= 15 is 0 Å². The molecule has 6 heterocycles. The summed E-state index contributed by atoms with van der Waals surface area (Å²) in [5.41, 5.74) is 13.0. The summed E-state index contributed by atoms with van der Waals surface area (Å²) in [5.74, 6) is 2.17. The summed E-state index contributed by atoms with van der Waals surface area (Å²) in [6, 6.07) is 9.73. The van der Waals surface area contributed by atoms with Crippen LogP contribution in [0.2, 0.25) is 0 Å². The number of nitrogens with one attached hydrogen (secondary N) is 2. The number of pyridine rings is 3. The van der Waals surface area contributed by atoms with Crippen molar-refractivity contribution in [2.45, 2.75) is 45.1 Å². The molecule has 5 aromatic rings. The van der Waals surface area contributed by atoms with Gasteiger partial charge in [-0.1, -0.05) is 13.8 Å². The Morgan fingerprint density at radius 1 is 1.08 bits per heavy atom. The second kappa shape index (κ2) is 9.36. The van der Waals surface area contributed by atoms with E-state index in [1.54, 1.807) is 12.4 Å². The zero-order valence-corrected chi connectivity index (χ0v) is 22.3. The van der Waals surface area contributed by atoms with Crippen LogP contribution in [-0.2, 0) is 0 Å². The first kappa shape index (κ1) is 24.1. The molecule has 7 rings (SSSR count). The summed E-state index contributed by atoms with van der Waals surface area (Å²) >= 11 is 0.